The first-order valence-electron chi connectivity index (χ1n) is 15.4. The fraction of sp³-hybridized carbons (Fsp3) is 0.719. The summed E-state index contributed by atoms with van der Waals surface area (Å²) in [5, 5.41) is 0. The molecule has 2 aliphatic rings. The van der Waals surface area contributed by atoms with Crippen molar-refractivity contribution in [1.82, 2.24) is 9.97 Å². The number of hydrogen-bond acceptors (Lipinski definition) is 6. The first-order chi connectivity index (χ1) is 18.9. The maximum Gasteiger partial charge on any atom is 0.318 e. The van der Waals surface area contributed by atoms with Gasteiger partial charge in [-0.25, -0.2) is 0 Å². The molecule has 40 heavy (non-hydrogen) atoms. The van der Waals surface area contributed by atoms with E-state index >= 15 is 0 Å². The summed E-state index contributed by atoms with van der Waals surface area (Å²) in [6, 6.07) is 0.702. The van der Waals surface area contributed by atoms with E-state index in [1.165, 1.54) is 51.4 Å². The van der Waals surface area contributed by atoms with Crippen molar-refractivity contribution in [3.8, 4) is 6.01 Å². The molecule has 0 radical (unpaired) electrons. The Bertz CT molecular complexity index is 1020. The van der Waals surface area contributed by atoms with Gasteiger partial charge in [0, 0.05) is 41.2 Å². The SMILES string of the molecule is C/C=C1\C(=NC(C)CC)C(Br)=Cc2nc(OCC(C)(CCCC)CCCCCC)nc(N3CCCOCC3)c21.S. The number of hydrogen-bond donors (Lipinski definition) is 0. The van der Waals surface area contributed by atoms with Crippen LogP contribution in [0.25, 0.3) is 11.6 Å². The van der Waals surface area contributed by atoms with E-state index in [0.717, 1.165) is 65.4 Å². The van der Waals surface area contributed by atoms with Crippen molar-refractivity contribution in [1.29, 1.82) is 0 Å². The number of nitrogens with zero attached hydrogens (tertiary/aromatic N) is 4. The minimum absolute atomic E-state index is 0. The van der Waals surface area contributed by atoms with Gasteiger partial charge in [-0.15, -0.1) is 0 Å². The Morgan fingerprint density at radius 1 is 1.10 bits per heavy atom. The van der Waals surface area contributed by atoms with Crippen molar-refractivity contribution in [3.63, 3.8) is 0 Å². The molecule has 3 rings (SSSR count). The van der Waals surface area contributed by atoms with Crippen LogP contribution in [-0.4, -0.2) is 54.6 Å². The lowest BCUT2D eigenvalue weighted by atomic mass is 9.81. The molecule has 8 heteroatoms. The molecule has 1 fully saturated rings. The molecule has 2 heterocycles. The summed E-state index contributed by atoms with van der Waals surface area (Å²) in [5.74, 6) is 0.930. The van der Waals surface area contributed by atoms with Crippen LogP contribution >= 0.6 is 29.4 Å². The minimum atomic E-state index is 0. The van der Waals surface area contributed by atoms with Gasteiger partial charge in [-0.2, -0.15) is 23.5 Å². The standard InChI is InChI=1S/C32H51BrN4O2.H2S/c1-7-11-13-14-17-32(6,16-12-8-2)23-39-31-35-27-22-26(33)29(34-24(5)9-3)25(10-4)28(27)30(36-31)37-18-15-20-38-21-19-37;/h10,22,24H,7-9,11-21,23H2,1-6H3;1H2/b25-10-,34-29?;. The molecular formula is C32H53BrN4O2S. The first-order valence-corrected chi connectivity index (χ1v) is 16.1. The lowest BCUT2D eigenvalue weighted by molar-refractivity contribution is 0.125. The largest absolute Gasteiger partial charge is 0.463 e. The predicted molar refractivity (Wildman–Crippen MR) is 180 cm³/mol. The van der Waals surface area contributed by atoms with E-state index in [0.29, 0.717) is 19.2 Å². The number of rotatable bonds is 14. The monoisotopic (exact) mass is 636 g/mol. The van der Waals surface area contributed by atoms with Crippen LogP contribution in [0.5, 0.6) is 6.01 Å². The van der Waals surface area contributed by atoms with Crippen LogP contribution in [-0.2, 0) is 4.74 Å². The normalized spacial score (nSPS) is 19.9. The Labute approximate surface area is 259 Å². The maximum atomic E-state index is 6.49. The molecule has 1 aromatic heterocycles. The van der Waals surface area contributed by atoms with E-state index in [-0.39, 0.29) is 25.0 Å². The van der Waals surface area contributed by atoms with Crippen molar-refractivity contribution in [2.24, 2.45) is 10.4 Å². The molecule has 6 nitrogen and oxygen atoms in total. The molecule has 1 aliphatic carbocycles. The third-order valence-electron chi connectivity index (χ3n) is 7.98. The average molecular weight is 638 g/mol. The van der Waals surface area contributed by atoms with E-state index in [9.17, 15) is 0 Å². The Kier molecular flexibility index (Phi) is 15.3. The second kappa shape index (κ2) is 17.5. The number of allylic oxidation sites excluding steroid dienone is 3. The second-order valence-corrected chi connectivity index (χ2v) is 12.3. The Hall–Kier alpha value is -1.38. The number of fused-ring (bicyclic) bond motifs is 1. The molecule has 1 saturated heterocycles. The van der Waals surface area contributed by atoms with Crippen LogP contribution in [0.15, 0.2) is 15.6 Å². The molecule has 0 saturated carbocycles. The van der Waals surface area contributed by atoms with E-state index in [4.69, 9.17) is 24.4 Å². The molecule has 1 aromatic rings. The van der Waals surface area contributed by atoms with E-state index in [1.54, 1.807) is 0 Å². The average Bonchev–Trinajstić information content (AvgIpc) is 3.23. The van der Waals surface area contributed by atoms with Gasteiger partial charge in [0.1, 0.15) is 5.82 Å². The van der Waals surface area contributed by atoms with Crippen LogP contribution in [0.4, 0.5) is 5.82 Å². The van der Waals surface area contributed by atoms with E-state index in [2.05, 4.69) is 74.5 Å². The van der Waals surface area contributed by atoms with Gasteiger partial charge in [0.15, 0.2) is 0 Å². The molecular weight excluding hydrogens is 584 g/mol. The van der Waals surface area contributed by atoms with E-state index in [1.807, 2.05) is 0 Å². The quantitative estimate of drug-likeness (QED) is 0.191. The molecule has 0 bridgehead atoms. The number of aromatic nitrogens is 2. The molecule has 0 amide bonds. The van der Waals surface area contributed by atoms with Gasteiger partial charge in [0.25, 0.3) is 0 Å². The van der Waals surface area contributed by atoms with Crippen LogP contribution in [0, 0.1) is 5.41 Å². The van der Waals surface area contributed by atoms with Gasteiger partial charge in [0.05, 0.1) is 30.2 Å². The highest BCUT2D eigenvalue weighted by atomic mass is 79.9. The van der Waals surface area contributed by atoms with Gasteiger partial charge in [-0.05, 0) is 61.5 Å². The van der Waals surface area contributed by atoms with Crippen molar-refractivity contribution >= 4 is 52.6 Å². The molecule has 2 atom stereocenters. The number of anilines is 1. The van der Waals surface area contributed by atoms with Crippen LogP contribution < -0.4 is 9.64 Å². The summed E-state index contributed by atoms with van der Waals surface area (Å²) in [6.45, 7) is 17.1. The van der Waals surface area contributed by atoms with Gasteiger partial charge in [0.2, 0.25) is 0 Å². The Balaban J connectivity index is 0.00000560. The van der Waals surface area contributed by atoms with Gasteiger partial charge in [-0.1, -0.05) is 72.3 Å². The fourth-order valence-corrected chi connectivity index (χ4v) is 5.84. The summed E-state index contributed by atoms with van der Waals surface area (Å²) in [5.41, 5.74) is 4.12. The summed E-state index contributed by atoms with van der Waals surface area (Å²) in [4.78, 5) is 17.5. The minimum Gasteiger partial charge on any atom is -0.463 e. The molecule has 1 aliphatic heterocycles. The highest BCUT2D eigenvalue weighted by Gasteiger charge is 2.31. The summed E-state index contributed by atoms with van der Waals surface area (Å²) in [7, 11) is 0. The first kappa shape index (κ1) is 34.8. The van der Waals surface area contributed by atoms with E-state index < -0.39 is 0 Å². The van der Waals surface area contributed by atoms with Crippen molar-refractivity contribution in [2.45, 2.75) is 112 Å². The second-order valence-electron chi connectivity index (χ2n) is 11.5. The highest BCUT2D eigenvalue weighted by molar-refractivity contribution is 9.12. The van der Waals surface area contributed by atoms with Gasteiger partial charge < -0.3 is 14.4 Å². The molecule has 0 spiro atoms. The lowest BCUT2D eigenvalue weighted by Gasteiger charge is -2.31. The summed E-state index contributed by atoms with van der Waals surface area (Å²) in [6.07, 6.45) is 16.1. The lowest BCUT2D eigenvalue weighted by Crippen LogP contribution is -2.30. The van der Waals surface area contributed by atoms with Crippen LogP contribution in [0.2, 0.25) is 0 Å². The smallest absolute Gasteiger partial charge is 0.318 e. The van der Waals surface area contributed by atoms with Gasteiger partial charge >= 0.3 is 6.01 Å². The molecule has 2 unspecified atom stereocenters. The summed E-state index contributed by atoms with van der Waals surface area (Å²) >= 11 is 3.82. The zero-order valence-electron chi connectivity index (χ0n) is 25.8. The topological polar surface area (TPSA) is 59.8 Å². The number of unbranched alkanes of at least 4 members (excludes halogenated alkanes) is 4. The van der Waals surface area contributed by atoms with Crippen molar-refractivity contribution in [2.75, 3.05) is 37.8 Å². The van der Waals surface area contributed by atoms with Crippen LogP contribution in [0.3, 0.4) is 0 Å². The Morgan fingerprint density at radius 3 is 2.55 bits per heavy atom. The third-order valence-corrected chi connectivity index (χ3v) is 8.58. The predicted octanol–water partition coefficient (Wildman–Crippen LogP) is 8.75. The zero-order chi connectivity index (χ0) is 28.3. The number of ether oxygens (including phenoxy) is 2. The van der Waals surface area contributed by atoms with Gasteiger partial charge in [-0.3, -0.25) is 4.99 Å². The number of halogens is 1. The third kappa shape index (κ3) is 9.59. The Morgan fingerprint density at radius 2 is 1.85 bits per heavy atom. The molecule has 226 valence electrons. The maximum absolute atomic E-state index is 6.49. The summed E-state index contributed by atoms with van der Waals surface area (Å²) < 4.78 is 13.2. The molecule has 0 aromatic carbocycles. The van der Waals surface area contributed by atoms with Crippen molar-refractivity contribution in [3.05, 3.63) is 21.8 Å². The fourth-order valence-electron chi connectivity index (χ4n) is 5.31. The number of aliphatic imine (C=N–C) groups is 1. The highest BCUT2D eigenvalue weighted by Crippen LogP contribution is 2.40. The van der Waals surface area contributed by atoms with Crippen LogP contribution in [0.1, 0.15) is 117 Å². The molecule has 0 N–H and O–H groups in total. The van der Waals surface area contributed by atoms with Crippen molar-refractivity contribution < 1.29 is 9.47 Å². The zero-order valence-corrected chi connectivity index (χ0v) is 28.4.